The van der Waals surface area contributed by atoms with Crippen molar-refractivity contribution in [2.45, 2.75) is 20.0 Å². The summed E-state index contributed by atoms with van der Waals surface area (Å²) in [4.78, 5) is 24.5. The second-order valence-electron chi connectivity index (χ2n) is 5.06. The lowest BCUT2D eigenvalue weighted by atomic mass is 10.3. The number of aromatic nitrogens is 2. The molecule has 1 amide bonds. The number of hydrogen-bond donors (Lipinski definition) is 1. The molecule has 2 heterocycles. The Kier molecular flexibility index (Phi) is 5.32. The van der Waals surface area contributed by atoms with Crippen molar-refractivity contribution in [3.63, 3.8) is 0 Å². The molecule has 1 aromatic heterocycles. The van der Waals surface area contributed by atoms with Crippen LogP contribution in [0.2, 0.25) is 0 Å². The van der Waals surface area contributed by atoms with Crippen LogP contribution in [0, 0.1) is 0 Å². The average Bonchev–Trinajstić information content (AvgIpc) is 2.73. The Morgan fingerprint density at radius 2 is 2.14 bits per heavy atom. The van der Waals surface area contributed by atoms with Gasteiger partial charge in [0.1, 0.15) is 18.2 Å². The number of rotatable bonds is 4. The number of carbonyl (C=O) groups is 1. The molecular formula is C14H23N5O2. The standard InChI is InChI=1S/C14H23N5O2/c1-11(20)18-5-4-6-19(8-7-18)14-9-12(15-2)16-13(17-14)10-21-3/h9H,4-8,10H2,1-3H3,(H,15,16,17). The number of nitrogens with zero attached hydrogens (tertiary/aromatic N) is 4. The van der Waals surface area contributed by atoms with E-state index in [0.717, 1.165) is 44.2 Å². The Morgan fingerprint density at radius 3 is 2.81 bits per heavy atom. The number of methoxy groups -OCH3 is 1. The van der Waals surface area contributed by atoms with Crippen LogP contribution in [0.1, 0.15) is 19.2 Å². The van der Waals surface area contributed by atoms with E-state index >= 15 is 0 Å². The summed E-state index contributed by atoms with van der Waals surface area (Å²) in [6.45, 7) is 5.21. The largest absolute Gasteiger partial charge is 0.377 e. The number of nitrogens with one attached hydrogen (secondary N) is 1. The fourth-order valence-corrected chi connectivity index (χ4v) is 2.43. The van der Waals surface area contributed by atoms with E-state index in [1.165, 1.54) is 0 Å². The van der Waals surface area contributed by atoms with E-state index in [9.17, 15) is 4.79 Å². The van der Waals surface area contributed by atoms with Gasteiger partial charge < -0.3 is 19.9 Å². The zero-order valence-electron chi connectivity index (χ0n) is 12.9. The van der Waals surface area contributed by atoms with Gasteiger partial charge in [0.15, 0.2) is 5.82 Å². The molecule has 21 heavy (non-hydrogen) atoms. The molecule has 1 aliphatic rings. The summed E-state index contributed by atoms with van der Waals surface area (Å²) in [5, 5.41) is 3.05. The summed E-state index contributed by atoms with van der Waals surface area (Å²) in [5.74, 6) is 2.45. The molecule has 2 rings (SSSR count). The molecule has 0 unspecified atom stereocenters. The van der Waals surface area contributed by atoms with E-state index in [1.54, 1.807) is 14.0 Å². The highest BCUT2D eigenvalue weighted by atomic mass is 16.5. The first kappa shape index (κ1) is 15.5. The van der Waals surface area contributed by atoms with Crippen molar-refractivity contribution in [1.29, 1.82) is 0 Å². The van der Waals surface area contributed by atoms with Crippen LogP contribution in [0.5, 0.6) is 0 Å². The molecule has 1 saturated heterocycles. The number of amides is 1. The molecule has 0 spiro atoms. The molecule has 1 aromatic rings. The summed E-state index contributed by atoms with van der Waals surface area (Å²) in [6.07, 6.45) is 0.943. The van der Waals surface area contributed by atoms with Crippen LogP contribution >= 0.6 is 0 Å². The Balaban J connectivity index is 2.16. The number of anilines is 2. The molecule has 1 N–H and O–H groups in total. The van der Waals surface area contributed by atoms with Crippen LogP contribution in [0.15, 0.2) is 6.07 Å². The van der Waals surface area contributed by atoms with E-state index in [0.29, 0.717) is 12.4 Å². The lowest BCUT2D eigenvalue weighted by molar-refractivity contribution is -0.128. The van der Waals surface area contributed by atoms with Gasteiger partial charge in [-0.15, -0.1) is 0 Å². The van der Waals surface area contributed by atoms with Gasteiger partial charge >= 0.3 is 0 Å². The zero-order chi connectivity index (χ0) is 15.2. The third kappa shape index (κ3) is 4.04. The molecular weight excluding hydrogens is 270 g/mol. The third-order valence-electron chi connectivity index (χ3n) is 3.55. The van der Waals surface area contributed by atoms with Crippen LogP contribution in [0.3, 0.4) is 0 Å². The van der Waals surface area contributed by atoms with Crippen LogP contribution in [-0.2, 0) is 16.1 Å². The maximum Gasteiger partial charge on any atom is 0.219 e. The molecule has 0 radical (unpaired) electrons. The number of ether oxygens (including phenoxy) is 1. The van der Waals surface area contributed by atoms with Gasteiger partial charge in [0, 0.05) is 53.3 Å². The molecule has 0 bridgehead atoms. The monoisotopic (exact) mass is 293 g/mol. The lowest BCUT2D eigenvalue weighted by Crippen LogP contribution is -2.34. The van der Waals surface area contributed by atoms with Gasteiger partial charge in [0.25, 0.3) is 0 Å². The predicted molar refractivity (Wildman–Crippen MR) is 81.4 cm³/mol. The van der Waals surface area contributed by atoms with Crippen molar-refractivity contribution in [2.75, 3.05) is 50.6 Å². The summed E-state index contributed by atoms with van der Waals surface area (Å²) in [7, 11) is 3.47. The Morgan fingerprint density at radius 1 is 1.33 bits per heavy atom. The van der Waals surface area contributed by atoms with Crippen LogP contribution in [0.4, 0.5) is 11.6 Å². The lowest BCUT2D eigenvalue weighted by Gasteiger charge is -2.23. The predicted octanol–water partition coefficient (Wildman–Crippen LogP) is 0.723. The minimum absolute atomic E-state index is 0.135. The van der Waals surface area contributed by atoms with E-state index in [1.807, 2.05) is 18.0 Å². The minimum Gasteiger partial charge on any atom is -0.377 e. The molecule has 0 aliphatic carbocycles. The van der Waals surface area contributed by atoms with Gasteiger partial charge in [0.05, 0.1) is 0 Å². The van der Waals surface area contributed by atoms with Gasteiger partial charge in [-0.2, -0.15) is 0 Å². The van der Waals surface area contributed by atoms with Crippen molar-refractivity contribution < 1.29 is 9.53 Å². The van der Waals surface area contributed by atoms with E-state index in [2.05, 4.69) is 20.2 Å². The van der Waals surface area contributed by atoms with Crippen molar-refractivity contribution in [3.8, 4) is 0 Å². The van der Waals surface area contributed by atoms with Crippen molar-refractivity contribution in [2.24, 2.45) is 0 Å². The fourth-order valence-electron chi connectivity index (χ4n) is 2.43. The zero-order valence-corrected chi connectivity index (χ0v) is 12.9. The first-order chi connectivity index (χ1) is 10.1. The summed E-state index contributed by atoms with van der Waals surface area (Å²) in [5.41, 5.74) is 0. The fraction of sp³-hybridized carbons (Fsp3) is 0.643. The first-order valence-corrected chi connectivity index (χ1v) is 7.19. The van der Waals surface area contributed by atoms with Gasteiger partial charge in [-0.1, -0.05) is 0 Å². The molecule has 0 saturated carbocycles. The maximum absolute atomic E-state index is 11.5. The summed E-state index contributed by atoms with van der Waals surface area (Å²) in [6, 6.07) is 1.93. The molecule has 1 aliphatic heterocycles. The smallest absolute Gasteiger partial charge is 0.219 e. The van der Waals surface area contributed by atoms with Crippen LogP contribution in [0.25, 0.3) is 0 Å². The minimum atomic E-state index is 0.135. The topological polar surface area (TPSA) is 70.6 Å². The molecule has 0 aromatic carbocycles. The number of hydrogen-bond acceptors (Lipinski definition) is 6. The quantitative estimate of drug-likeness (QED) is 0.882. The molecule has 0 atom stereocenters. The van der Waals surface area contributed by atoms with Gasteiger partial charge in [-0.05, 0) is 6.42 Å². The summed E-state index contributed by atoms with van der Waals surface area (Å²) < 4.78 is 5.12. The first-order valence-electron chi connectivity index (χ1n) is 7.19. The second-order valence-corrected chi connectivity index (χ2v) is 5.06. The molecule has 1 fully saturated rings. The van der Waals surface area contributed by atoms with Gasteiger partial charge in [-0.3, -0.25) is 4.79 Å². The third-order valence-corrected chi connectivity index (χ3v) is 3.55. The molecule has 116 valence electrons. The highest BCUT2D eigenvalue weighted by Gasteiger charge is 2.18. The molecule has 7 nitrogen and oxygen atoms in total. The SMILES string of the molecule is CNc1cc(N2CCCN(C(C)=O)CC2)nc(COC)n1. The molecule has 7 heteroatoms. The summed E-state index contributed by atoms with van der Waals surface area (Å²) >= 11 is 0. The van der Waals surface area contributed by atoms with Gasteiger partial charge in [0.2, 0.25) is 5.91 Å². The van der Waals surface area contributed by atoms with Crippen molar-refractivity contribution >= 4 is 17.5 Å². The van der Waals surface area contributed by atoms with Crippen molar-refractivity contribution in [3.05, 3.63) is 11.9 Å². The maximum atomic E-state index is 11.5. The normalized spacial score (nSPS) is 15.8. The Labute approximate surface area is 125 Å². The average molecular weight is 293 g/mol. The second kappa shape index (κ2) is 7.21. The van der Waals surface area contributed by atoms with E-state index in [-0.39, 0.29) is 5.91 Å². The van der Waals surface area contributed by atoms with E-state index < -0.39 is 0 Å². The Bertz CT molecular complexity index is 494. The van der Waals surface area contributed by atoms with Crippen LogP contribution in [-0.4, -0.2) is 61.1 Å². The Hall–Kier alpha value is -1.89. The van der Waals surface area contributed by atoms with E-state index in [4.69, 9.17) is 4.74 Å². The number of carbonyl (C=O) groups excluding carboxylic acids is 1. The van der Waals surface area contributed by atoms with Crippen molar-refractivity contribution in [1.82, 2.24) is 14.9 Å². The van der Waals surface area contributed by atoms with Gasteiger partial charge in [-0.25, -0.2) is 9.97 Å². The highest BCUT2D eigenvalue weighted by Crippen LogP contribution is 2.18. The van der Waals surface area contributed by atoms with Crippen LogP contribution < -0.4 is 10.2 Å². The highest BCUT2D eigenvalue weighted by molar-refractivity contribution is 5.73.